The van der Waals surface area contributed by atoms with Gasteiger partial charge in [-0.05, 0) is 37.0 Å². The Hall–Kier alpha value is -0.780. The molecule has 4 nitrogen and oxygen atoms in total. The van der Waals surface area contributed by atoms with Gasteiger partial charge >= 0.3 is 0 Å². The number of sulfonamides is 1. The highest BCUT2D eigenvalue weighted by Crippen LogP contribution is 2.27. The van der Waals surface area contributed by atoms with E-state index in [0.717, 1.165) is 19.3 Å². The highest BCUT2D eigenvalue weighted by Gasteiger charge is 2.26. The first-order valence-electron chi connectivity index (χ1n) is 6.47. The Bertz CT molecular complexity index is 560. The van der Waals surface area contributed by atoms with Gasteiger partial charge in [-0.1, -0.05) is 31.4 Å². The number of anilines is 1. The van der Waals surface area contributed by atoms with E-state index < -0.39 is 10.0 Å². The van der Waals surface area contributed by atoms with Crippen molar-refractivity contribution in [1.82, 2.24) is 4.72 Å². The van der Waals surface area contributed by atoms with Gasteiger partial charge in [-0.2, -0.15) is 0 Å². The number of hydrogen-bond donors (Lipinski definition) is 2. The molecule has 6 heteroatoms. The van der Waals surface area contributed by atoms with Crippen LogP contribution >= 0.6 is 11.6 Å². The maximum absolute atomic E-state index is 12.3. The molecule has 2 rings (SSSR count). The van der Waals surface area contributed by atoms with Crippen LogP contribution in [-0.4, -0.2) is 14.5 Å². The summed E-state index contributed by atoms with van der Waals surface area (Å²) in [6, 6.07) is 4.40. The molecule has 3 N–H and O–H groups in total. The quantitative estimate of drug-likeness (QED) is 0.843. The van der Waals surface area contributed by atoms with Crippen molar-refractivity contribution >= 4 is 27.3 Å². The molecule has 0 radical (unpaired) electrons. The first kappa shape index (κ1) is 14.6. The lowest BCUT2D eigenvalue weighted by Gasteiger charge is -2.29. The van der Waals surface area contributed by atoms with Gasteiger partial charge in [0.05, 0.1) is 15.6 Å². The van der Waals surface area contributed by atoms with Crippen LogP contribution < -0.4 is 10.5 Å². The SMILES string of the molecule is CC1CCCCC1NS(=O)(=O)c1ccc(N)c(Cl)c1. The third-order valence-corrected chi connectivity index (χ3v) is 5.52. The summed E-state index contributed by atoms with van der Waals surface area (Å²) in [5.74, 6) is 0.368. The molecule has 0 heterocycles. The Morgan fingerprint density at radius 2 is 2.00 bits per heavy atom. The fraction of sp³-hybridized carbons (Fsp3) is 0.538. The average Bonchev–Trinajstić information content (AvgIpc) is 2.35. The number of rotatable bonds is 3. The third-order valence-electron chi connectivity index (χ3n) is 3.70. The van der Waals surface area contributed by atoms with Crippen LogP contribution in [0.4, 0.5) is 5.69 Å². The van der Waals surface area contributed by atoms with Gasteiger partial charge in [-0.25, -0.2) is 13.1 Å². The number of nitrogens with two attached hydrogens (primary N) is 1. The van der Waals surface area contributed by atoms with Crippen LogP contribution in [0.3, 0.4) is 0 Å². The zero-order chi connectivity index (χ0) is 14.0. The fourth-order valence-corrected chi connectivity index (χ4v) is 4.08. The predicted octanol–water partition coefficient (Wildman–Crippen LogP) is 2.78. The van der Waals surface area contributed by atoms with Crippen molar-refractivity contribution in [3.05, 3.63) is 23.2 Å². The van der Waals surface area contributed by atoms with Crippen LogP contribution in [-0.2, 0) is 10.0 Å². The molecule has 0 aliphatic heterocycles. The van der Waals surface area contributed by atoms with Gasteiger partial charge in [0.2, 0.25) is 10.0 Å². The molecule has 106 valence electrons. The molecule has 19 heavy (non-hydrogen) atoms. The number of benzene rings is 1. The van der Waals surface area contributed by atoms with Gasteiger partial charge < -0.3 is 5.73 Å². The van der Waals surface area contributed by atoms with Gasteiger partial charge in [0.1, 0.15) is 0 Å². The first-order chi connectivity index (χ1) is 8.90. The van der Waals surface area contributed by atoms with Crippen LogP contribution in [0.5, 0.6) is 0 Å². The van der Waals surface area contributed by atoms with E-state index in [1.807, 2.05) is 0 Å². The van der Waals surface area contributed by atoms with Crippen LogP contribution in [0.15, 0.2) is 23.1 Å². The summed E-state index contributed by atoms with van der Waals surface area (Å²) in [5.41, 5.74) is 5.97. The summed E-state index contributed by atoms with van der Waals surface area (Å²) in [7, 11) is -3.52. The second-order valence-corrected chi connectivity index (χ2v) is 7.29. The molecule has 1 aliphatic carbocycles. The lowest BCUT2D eigenvalue weighted by Crippen LogP contribution is -2.40. The molecular weight excluding hydrogens is 284 g/mol. The van der Waals surface area contributed by atoms with Crippen molar-refractivity contribution < 1.29 is 8.42 Å². The third kappa shape index (κ3) is 3.41. The lowest BCUT2D eigenvalue weighted by molar-refractivity contribution is 0.310. The topological polar surface area (TPSA) is 72.2 Å². The van der Waals surface area contributed by atoms with Gasteiger partial charge in [-0.15, -0.1) is 0 Å². The van der Waals surface area contributed by atoms with E-state index >= 15 is 0 Å². The zero-order valence-corrected chi connectivity index (χ0v) is 12.5. The summed E-state index contributed by atoms with van der Waals surface area (Å²) in [6.45, 7) is 2.09. The van der Waals surface area contributed by atoms with E-state index in [4.69, 9.17) is 17.3 Å². The molecule has 0 saturated heterocycles. The summed E-state index contributed by atoms with van der Waals surface area (Å²) >= 11 is 5.87. The minimum atomic E-state index is -3.52. The summed E-state index contributed by atoms with van der Waals surface area (Å²) in [6.07, 6.45) is 4.20. The number of nitrogens with one attached hydrogen (secondary N) is 1. The number of halogens is 1. The number of nitrogen functional groups attached to an aromatic ring is 1. The highest BCUT2D eigenvalue weighted by molar-refractivity contribution is 7.89. The standard InChI is InChI=1S/C13H19ClN2O2S/c1-9-4-2-3-5-13(9)16-19(17,18)10-6-7-12(15)11(14)8-10/h6-9,13,16H,2-5,15H2,1H3. The van der Waals surface area contributed by atoms with E-state index in [9.17, 15) is 8.42 Å². The van der Waals surface area contributed by atoms with Crippen LogP contribution in [0.2, 0.25) is 5.02 Å². The summed E-state index contributed by atoms with van der Waals surface area (Å²) in [4.78, 5) is 0.171. The van der Waals surface area contributed by atoms with Gasteiger partial charge in [-0.3, -0.25) is 0 Å². The molecule has 2 unspecified atom stereocenters. The molecule has 0 bridgehead atoms. The number of hydrogen-bond acceptors (Lipinski definition) is 3. The van der Waals surface area contributed by atoms with Crippen molar-refractivity contribution in [3.8, 4) is 0 Å². The van der Waals surface area contributed by atoms with Crippen LogP contribution in [0, 0.1) is 5.92 Å². The van der Waals surface area contributed by atoms with Gasteiger partial charge in [0, 0.05) is 6.04 Å². The van der Waals surface area contributed by atoms with Crippen molar-refractivity contribution in [2.24, 2.45) is 5.92 Å². The van der Waals surface area contributed by atoms with Crippen LogP contribution in [0.25, 0.3) is 0 Å². The van der Waals surface area contributed by atoms with E-state index in [2.05, 4.69) is 11.6 Å². The average molecular weight is 303 g/mol. The maximum atomic E-state index is 12.3. The normalized spacial score (nSPS) is 24.3. The summed E-state index contributed by atoms with van der Waals surface area (Å²) in [5, 5.41) is 0.263. The van der Waals surface area contributed by atoms with Gasteiger partial charge in [0.25, 0.3) is 0 Å². The van der Waals surface area contributed by atoms with Crippen LogP contribution in [0.1, 0.15) is 32.6 Å². The molecule has 1 fully saturated rings. The lowest BCUT2D eigenvalue weighted by atomic mass is 9.87. The van der Waals surface area contributed by atoms with E-state index in [1.165, 1.54) is 24.6 Å². The minimum Gasteiger partial charge on any atom is -0.398 e. The molecule has 0 amide bonds. The molecule has 1 aromatic carbocycles. The smallest absolute Gasteiger partial charge is 0.240 e. The summed E-state index contributed by atoms with van der Waals surface area (Å²) < 4.78 is 27.4. The zero-order valence-electron chi connectivity index (χ0n) is 10.9. The van der Waals surface area contributed by atoms with E-state index in [1.54, 1.807) is 0 Å². The predicted molar refractivity (Wildman–Crippen MR) is 77.6 cm³/mol. The fourth-order valence-electron chi connectivity index (χ4n) is 2.43. The Balaban J connectivity index is 2.19. The van der Waals surface area contributed by atoms with E-state index in [-0.39, 0.29) is 16.0 Å². The Morgan fingerprint density at radius 1 is 1.32 bits per heavy atom. The maximum Gasteiger partial charge on any atom is 0.240 e. The van der Waals surface area contributed by atoms with Crippen molar-refractivity contribution in [1.29, 1.82) is 0 Å². The monoisotopic (exact) mass is 302 g/mol. The Morgan fingerprint density at radius 3 is 2.63 bits per heavy atom. The second-order valence-electron chi connectivity index (χ2n) is 5.17. The second kappa shape index (κ2) is 5.69. The minimum absolute atomic E-state index is 0.00933. The largest absolute Gasteiger partial charge is 0.398 e. The van der Waals surface area contributed by atoms with E-state index in [0.29, 0.717) is 11.6 Å². The highest BCUT2D eigenvalue weighted by atomic mass is 35.5. The van der Waals surface area contributed by atoms with Crippen molar-refractivity contribution in [2.45, 2.75) is 43.5 Å². The molecule has 1 aliphatic rings. The first-order valence-corrected chi connectivity index (χ1v) is 8.33. The molecule has 1 aromatic rings. The van der Waals surface area contributed by atoms with Crippen molar-refractivity contribution in [3.63, 3.8) is 0 Å². The van der Waals surface area contributed by atoms with Gasteiger partial charge in [0.15, 0.2) is 0 Å². The molecular formula is C13H19ClN2O2S. The molecule has 0 spiro atoms. The molecule has 2 atom stereocenters. The Labute approximate surface area is 119 Å². The van der Waals surface area contributed by atoms with Crippen molar-refractivity contribution in [2.75, 3.05) is 5.73 Å². The molecule has 1 saturated carbocycles. The Kier molecular flexibility index (Phi) is 4.38. The molecule has 0 aromatic heterocycles.